The molecule has 0 aliphatic carbocycles. The fourth-order valence-electron chi connectivity index (χ4n) is 1.51. The number of aromatic nitrogens is 3. The number of ether oxygens (including phenoxy) is 1. The Morgan fingerprint density at radius 3 is 3.06 bits per heavy atom. The van der Waals surface area contributed by atoms with Gasteiger partial charge in [-0.3, -0.25) is 0 Å². The fourth-order valence-corrected chi connectivity index (χ4v) is 1.51. The lowest BCUT2D eigenvalue weighted by Crippen LogP contribution is -2.09. The molecular weight excluding hydrogens is 202 g/mol. The van der Waals surface area contributed by atoms with Gasteiger partial charge in [0.25, 0.3) is 0 Å². The van der Waals surface area contributed by atoms with E-state index in [1.165, 1.54) is 5.69 Å². The predicted octanol–water partition coefficient (Wildman–Crippen LogP) is 2.18. The van der Waals surface area contributed by atoms with Crippen molar-refractivity contribution in [3.8, 4) is 0 Å². The largest absolute Gasteiger partial charge is 0.371 e. The maximum atomic E-state index is 5.55. The monoisotopic (exact) mass is 219 g/mol. The summed E-state index contributed by atoms with van der Waals surface area (Å²) in [4.78, 5) is 7.47. The molecule has 2 rings (SSSR count). The molecule has 0 saturated carbocycles. The molecule has 86 valence electrons. The van der Waals surface area contributed by atoms with Crippen LogP contribution >= 0.6 is 0 Å². The van der Waals surface area contributed by atoms with Crippen molar-refractivity contribution in [1.82, 2.24) is 14.5 Å². The number of nitrogens with one attached hydrogen (secondary N) is 1. The summed E-state index contributed by atoms with van der Waals surface area (Å²) in [5.41, 5.74) is 1.17. The Kier molecular flexibility index (Phi) is 3.41. The summed E-state index contributed by atoms with van der Waals surface area (Å²) in [5.74, 6) is 0.961. The van der Waals surface area contributed by atoms with Gasteiger partial charge in [-0.2, -0.15) is 0 Å². The molecule has 0 atom stereocenters. The molecule has 0 aliphatic rings. The topological polar surface area (TPSA) is 42.8 Å². The Bertz CT molecular complexity index is 417. The molecule has 4 nitrogen and oxygen atoms in total. The van der Waals surface area contributed by atoms with Gasteiger partial charge in [0.2, 0.25) is 0 Å². The van der Waals surface area contributed by atoms with Crippen LogP contribution < -0.4 is 0 Å². The van der Waals surface area contributed by atoms with E-state index in [-0.39, 0.29) is 6.10 Å². The summed E-state index contributed by atoms with van der Waals surface area (Å²) in [6, 6.07) is 4.06. The van der Waals surface area contributed by atoms with Crippen LogP contribution in [0.4, 0.5) is 0 Å². The summed E-state index contributed by atoms with van der Waals surface area (Å²) in [6.45, 7) is 5.42. The van der Waals surface area contributed by atoms with Gasteiger partial charge in [0.05, 0.1) is 12.6 Å². The van der Waals surface area contributed by atoms with E-state index in [0.717, 1.165) is 12.4 Å². The highest BCUT2D eigenvalue weighted by atomic mass is 16.5. The summed E-state index contributed by atoms with van der Waals surface area (Å²) in [6.07, 6.45) is 5.94. The van der Waals surface area contributed by atoms with E-state index in [1.807, 2.05) is 38.5 Å². The molecule has 0 unspecified atom stereocenters. The van der Waals surface area contributed by atoms with Crippen LogP contribution in [0.1, 0.15) is 25.4 Å². The first-order valence-corrected chi connectivity index (χ1v) is 5.49. The van der Waals surface area contributed by atoms with Gasteiger partial charge < -0.3 is 14.3 Å². The zero-order valence-corrected chi connectivity index (χ0v) is 9.68. The molecule has 4 heteroatoms. The van der Waals surface area contributed by atoms with Crippen molar-refractivity contribution < 1.29 is 4.74 Å². The molecule has 2 aromatic heterocycles. The molecule has 0 fully saturated rings. The Morgan fingerprint density at radius 1 is 1.50 bits per heavy atom. The molecule has 0 amide bonds. The van der Waals surface area contributed by atoms with Gasteiger partial charge >= 0.3 is 0 Å². The molecule has 0 spiro atoms. The number of hydrogen-bond donors (Lipinski definition) is 1. The van der Waals surface area contributed by atoms with Gasteiger partial charge in [0.15, 0.2) is 0 Å². The fraction of sp³-hybridized carbons (Fsp3) is 0.417. The van der Waals surface area contributed by atoms with Crippen molar-refractivity contribution in [2.24, 2.45) is 0 Å². The molecule has 16 heavy (non-hydrogen) atoms. The minimum Gasteiger partial charge on any atom is -0.371 e. The van der Waals surface area contributed by atoms with Crippen LogP contribution in [0.25, 0.3) is 0 Å². The SMILES string of the molecule is CC(C)OCc1nccn1Cc1ccc[nH]1. The van der Waals surface area contributed by atoms with Crippen LogP contribution in [0, 0.1) is 0 Å². The summed E-state index contributed by atoms with van der Waals surface area (Å²) in [5, 5.41) is 0. The van der Waals surface area contributed by atoms with Crippen LogP contribution in [-0.4, -0.2) is 20.6 Å². The van der Waals surface area contributed by atoms with Crippen molar-refractivity contribution in [3.05, 3.63) is 42.2 Å². The normalized spacial score (nSPS) is 11.2. The van der Waals surface area contributed by atoms with Gasteiger partial charge in [-0.05, 0) is 26.0 Å². The lowest BCUT2D eigenvalue weighted by Gasteiger charge is -2.09. The zero-order valence-electron chi connectivity index (χ0n) is 9.68. The average Bonchev–Trinajstić information content (AvgIpc) is 2.87. The third kappa shape index (κ3) is 2.73. The minimum atomic E-state index is 0.232. The molecule has 0 radical (unpaired) electrons. The first-order chi connectivity index (χ1) is 7.75. The van der Waals surface area contributed by atoms with Gasteiger partial charge in [-0.15, -0.1) is 0 Å². The highest BCUT2D eigenvalue weighted by molar-refractivity contribution is 5.06. The maximum Gasteiger partial charge on any atom is 0.135 e. The standard InChI is InChI=1S/C12H17N3O/c1-10(2)16-9-12-14-6-7-15(12)8-11-4-3-5-13-11/h3-7,10,13H,8-9H2,1-2H3. The minimum absolute atomic E-state index is 0.232. The quantitative estimate of drug-likeness (QED) is 0.837. The van der Waals surface area contributed by atoms with Gasteiger partial charge in [-0.1, -0.05) is 0 Å². The van der Waals surface area contributed by atoms with Crippen LogP contribution in [-0.2, 0) is 17.9 Å². The second kappa shape index (κ2) is 4.99. The van der Waals surface area contributed by atoms with E-state index >= 15 is 0 Å². The Balaban J connectivity index is 2.01. The van der Waals surface area contributed by atoms with Crippen LogP contribution in [0.2, 0.25) is 0 Å². The third-order valence-electron chi connectivity index (χ3n) is 2.35. The summed E-state index contributed by atoms with van der Waals surface area (Å²) in [7, 11) is 0. The lowest BCUT2D eigenvalue weighted by molar-refractivity contribution is 0.0596. The number of nitrogens with zero attached hydrogens (tertiary/aromatic N) is 2. The van der Waals surface area contributed by atoms with Crippen LogP contribution in [0.15, 0.2) is 30.7 Å². The first-order valence-electron chi connectivity index (χ1n) is 5.49. The van der Waals surface area contributed by atoms with E-state index in [1.54, 1.807) is 0 Å². The number of hydrogen-bond acceptors (Lipinski definition) is 2. The van der Waals surface area contributed by atoms with E-state index in [9.17, 15) is 0 Å². The van der Waals surface area contributed by atoms with Crippen LogP contribution in [0.5, 0.6) is 0 Å². The molecule has 0 saturated heterocycles. The van der Waals surface area contributed by atoms with E-state index in [2.05, 4.69) is 20.6 Å². The van der Waals surface area contributed by atoms with E-state index in [4.69, 9.17) is 4.74 Å². The molecular formula is C12H17N3O. The molecule has 2 heterocycles. The average molecular weight is 219 g/mol. The highest BCUT2D eigenvalue weighted by Crippen LogP contribution is 2.05. The maximum absolute atomic E-state index is 5.55. The number of imidazole rings is 1. The zero-order chi connectivity index (χ0) is 11.4. The smallest absolute Gasteiger partial charge is 0.135 e. The van der Waals surface area contributed by atoms with Crippen molar-refractivity contribution in [2.75, 3.05) is 0 Å². The highest BCUT2D eigenvalue weighted by Gasteiger charge is 2.05. The van der Waals surface area contributed by atoms with Crippen LogP contribution in [0.3, 0.4) is 0 Å². The van der Waals surface area contributed by atoms with E-state index in [0.29, 0.717) is 6.61 Å². The van der Waals surface area contributed by atoms with Gasteiger partial charge in [0, 0.05) is 24.3 Å². The molecule has 0 bridgehead atoms. The Labute approximate surface area is 95.3 Å². The molecule has 0 aromatic carbocycles. The van der Waals surface area contributed by atoms with Crippen molar-refractivity contribution >= 4 is 0 Å². The number of rotatable bonds is 5. The van der Waals surface area contributed by atoms with Gasteiger partial charge in [0.1, 0.15) is 12.4 Å². The number of H-pyrrole nitrogens is 1. The first kappa shape index (κ1) is 11.0. The lowest BCUT2D eigenvalue weighted by atomic mass is 10.4. The Hall–Kier alpha value is -1.55. The second-order valence-corrected chi connectivity index (χ2v) is 4.03. The van der Waals surface area contributed by atoms with Crippen molar-refractivity contribution in [3.63, 3.8) is 0 Å². The van der Waals surface area contributed by atoms with Gasteiger partial charge in [-0.25, -0.2) is 4.98 Å². The second-order valence-electron chi connectivity index (χ2n) is 4.03. The molecule has 1 N–H and O–H groups in total. The summed E-state index contributed by atoms with van der Waals surface area (Å²) < 4.78 is 7.64. The molecule has 0 aliphatic heterocycles. The predicted molar refractivity (Wildman–Crippen MR) is 62.0 cm³/mol. The third-order valence-corrected chi connectivity index (χ3v) is 2.35. The van der Waals surface area contributed by atoms with Crippen molar-refractivity contribution in [1.29, 1.82) is 0 Å². The van der Waals surface area contributed by atoms with Crippen molar-refractivity contribution in [2.45, 2.75) is 33.1 Å². The Morgan fingerprint density at radius 2 is 2.38 bits per heavy atom. The number of aromatic amines is 1. The summed E-state index contributed by atoms with van der Waals surface area (Å²) >= 11 is 0. The van der Waals surface area contributed by atoms with E-state index < -0.39 is 0 Å². The molecule has 2 aromatic rings.